The van der Waals surface area contributed by atoms with Gasteiger partial charge in [-0.3, -0.25) is 4.79 Å². The average molecular weight is 185 g/mol. The molecule has 1 saturated heterocycles. The van der Waals surface area contributed by atoms with Gasteiger partial charge in [0.25, 0.3) is 0 Å². The Hall–Kier alpha value is -0.570. The fraction of sp³-hybridized carbons (Fsp3) is 0.900. The van der Waals surface area contributed by atoms with E-state index in [1.165, 1.54) is 12.8 Å². The van der Waals surface area contributed by atoms with E-state index in [2.05, 4.69) is 0 Å². The highest BCUT2D eigenvalue weighted by atomic mass is 16.3. The number of aliphatic hydroxyl groups excluding tert-OH is 1. The van der Waals surface area contributed by atoms with Crippen LogP contribution in [0.2, 0.25) is 0 Å². The van der Waals surface area contributed by atoms with E-state index in [-0.39, 0.29) is 5.91 Å². The molecule has 13 heavy (non-hydrogen) atoms. The van der Waals surface area contributed by atoms with E-state index < -0.39 is 6.10 Å². The van der Waals surface area contributed by atoms with E-state index in [1.54, 1.807) is 11.8 Å². The van der Waals surface area contributed by atoms with Gasteiger partial charge in [0.15, 0.2) is 0 Å². The molecule has 1 heterocycles. The maximum atomic E-state index is 11.5. The third-order valence-corrected chi connectivity index (χ3v) is 2.41. The average Bonchev–Trinajstić information content (AvgIpc) is 2.04. The SMILES string of the molecule is C[C@H](O)CN1CCCCCCC1=O. The molecule has 0 unspecified atom stereocenters. The summed E-state index contributed by atoms with van der Waals surface area (Å²) in [5, 5.41) is 9.19. The minimum absolute atomic E-state index is 0.209. The zero-order chi connectivity index (χ0) is 9.68. The Morgan fingerprint density at radius 2 is 2.08 bits per heavy atom. The second kappa shape index (κ2) is 5.22. The maximum Gasteiger partial charge on any atom is 0.222 e. The van der Waals surface area contributed by atoms with Gasteiger partial charge in [-0.2, -0.15) is 0 Å². The molecule has 0 aromatic carbocycles. The molecule has 1 rings (SSSR count). The molecule has 1 amide bonds. The second-order valence-electron chi connectivity index (χ2n) is 3.85. The third kappa shape index (κ3) is 3.77. The summed E-state index contributed by atoms with van der Waals surface area (Å²) in [7, 11) is 0. The predicted molar refractivity (Wildman–Crippen MR) is 51.3 cm³/mol. The van der Waals surface area contributed by atoms with Crippen LogP contribution in [-0.4, -0.2) is 35.1 Å². The molecule has 0 radical (unpaired) electrons. The molecule has 1 fully saturated rings. The van der Waals surface area contributed by atoms with E-state index in [1.807, 2.05) is 0 Å². The van der Waals surface area contributed by atoms with E-state index in [0.717, 1.165) is 19.4 Å². The summed E-state index contributed by atoms with van der Waals surface area (Å²) in [5.41, 5.74) is 0. The summed E-state index contributed by atoms with van der Waals surface area (Å²) in [4.78, 5) is 13.3. The molecule has 0 bridgehead atoms. The first kappa shape index (κ1) is 10.5. The lowest BCUT2D eigenvalue weighted by Gasteiger charge is -2.25. The first-order valence-corrected chi connectivity index (χ1v) is 5.16. The molecule has 1 aliphatic rings. The van der Waals surface area contributed by atoms with Gasteiger partial charge in [-0.15, -0.1) is 0 Å². The normalized spacial score (nSPS) is 22.3. The molecule has 1 atom stereocenters. The van der Waals surface area contributed by atoms with Crippen molar-refractivity contribution in [2.45, 2.75) is 45.1 Å². The van der Waals surface area contributed by atoms with E-state index in [9.17, 15) is 9.90 Å². The highest BCUT2D eigenvalue weighted by Gasteiger charge is 2.16. The summed E-state index contributed by atoms with van der Waals surface area (Å²) >= 11 is 0. The van der Waals surface area contributed by atoms with Crippen LogP contribution < -0.4 is 0 Å². The zero-order valence-electron chi connectivity index (χ0n) is 8.33. The molecule has 0 aromatic rings. The number of β-amino-alcohol motifs (C(OH)–C–C–N with tert-alkyl or cyclic N) is 1. The number of hydrogen-bond acceptors (Lipinski definition) is 2. The third-order valence-electron chi connectivity index (χ3n) is 2.41. The molecule has 3 nitrogen and oxygen atoms in total. The monoisotopic (exact) mass is 185 g/mol. The summed E-state index contributed by atoms with van der Waals surface area (Å²) in [6, 6.07) is 0. The number of rotatable bonds is 2. The Kier molecular flexibility index (Phi) is 4.22. The van der Waals surface area contributed by atoms with Crippen molar-refractivity contribution < 1.29 is 9.90 Å². The molecule has 1 aliphatic heterocycles. The van der Waals surface area contributed by atoms with Gasteiger partial charge in [-0.05, 0) is 19.8 Å². The lowest BCUT2D eigenvalue weighted by Crippen LogP contribution is -2.37. The van der Waals surface area contributed by atoms with Crippen molar-refractivity contribution in [3.63, 3.8) is 0 Å². The van der Waals surface area contributed by atoms with Crippen LogP contribution in [0.1, 0.15) is 39.0 Å². The Morgan fingerprint density at radius 1 is 1.38 bits per heavy atom. The predicted octanol–water partition coefficient (Wildman–Crippen LogP) is 1.16. The van der Waals surface area contributed by atoms with Gasteiger partial charge in [0, 0.05) is 19.5 Å². The summed E-state index contributed by atoms with van der Waals surface area (Å²) < 4.78 is 0. The molecule has 1 N–H and O–H groups in total. The first-order valence-electron chi connectivity index (χ1n) is 5.16. The molecule has 0 saturated carbocycles. The second-order valence-corrected chi connectivity index (χ2v) is 3.85. The van der Waals surface area contributed by atoms with E-state index >= 15 is 0 Å². The van der Waals surface area contributed by atoms with Gasteiger partial charge in [0.1, 0.15) is 0 Å². The van der Waals surface area contributed by atoms with Gasteiger partial charge < -0.3 is 10.0 Å². The lowest BCUT2D eigenvalue weighted by molar-refractivity contribution is -0.133. The van der Waals surface area contributed by atoms with Crippen LogP contribution in [-0.2, 0) is 4.79 Å². The smallest absolute Gasteiger partial charge is 0.222 e. The van der Waals surface area contributed by atoms with Crippen molar-refractivity contribution in [2.24, 2.45) is 0 Å². The van der Waals surface area contributed by atoms with Crippen LogP contribution >= 0.6 is 0 Å². The van der Waals surface area contributed by atoms with Crippen LogP contribution in [0.5, 0.6) is 0 Å². The standard InChI is InChI=1S/C10H19NO2/c1-9(12)8-11-7-5-3-2-4-6-10(11)13/h9,12H,2-8H2,1H3/t9-/m0/s1. The van der Waals surface area contributed by atoms with Crippen LogP contribution in [0, 0.1) is 0 Å². The maximum absolute atomic E-state index is 11.5. The number of aliphatic hydroxyl groups is 1. The molecule has 0 aromatic heterocycles. The number of carbonyl (C=O) groups is 1. The lowest BCUT2D eigenvalue weighted by atomic mass is 10.1. The van der Waals surface area contributed by atoms with Crippen molar-refractivity contribution in [3.8, 4) is 0 Å². The molecular weight excluding hydrogens is 166 g/mol. The van der Waals surface area contributed by atoms with Crippen LogP contribution in [0.4, 0.5) is 0 Å². The number of nitrogens with zero attached hydrogens (tertiary/aromatic N) is 1. The van der Waals surface area contributed by atoms with Crippen LogP contribution in [0.3, 0.4) is 0 Å². The Morgan fingerprint density at radius 3 is 2.77 bits per heavy atom. The first-order chi connectivity index (χ1) is 6.20. The van der Waals surface area contributed by atoms with Gasteiger partial charge in [-0.25, -0.2) is 0 Å². The fourth-order valence-electron chi connectivity index (χ4n) is 1.73. The molecule has 0 spiro atoms. The van der Waals surface area contributed by atoms with Crippen molar-refractivity contribution in [2.75, 3.05) is 13.1 Å². The van der Waals surface area contributed by atoms with Gasteiger partial charge in [0.05, 0.1) is 6.10 Å². The number of carbonyl (C=O) groups excluding carboxylic acids is 1. The molecule has 0 aliphatic carbocycles. The largest absolute Gasteiger partial charge is 0.392 e. The number of amides is 1. The summed E-state index contributed by atoms with van der Waals surface area (Å²) in [6.45, 7) is 3.05. The van der Waals surface area contributed by atoms with Crippen molar-refractivity contribution >= 4 is 5.91 Å². The van der Waals surface area contributed by atoms with Crippen LogP contribution in [0.25, 0.3) is 0 Å². The van der Waals surface area contributed by atoms with Crippen LogP contribution in [0.15, 0.2) is 0 Å². The van der Waals surface area contributed by atoms with Gasteiger partial charge in [0.2, 0.25) is 5.91 Å². The quantitative estimate of drug-likeness (QED) is 0.701. The molecular formula is C10H19NO2. The van der Waals surface area contributed by atoms with Crippen molar-refractivity contribution in [1.29, 1.82) is 0 Å². The summed E-state index contributed by atoms with van der Waals surface area (Å²) in [5.74, 6) is 0.209. The highest BCUT2D eigenvalue weighted by molar-refractivity contribution is 5.76. The minimum atomic E-state index is -0.400. The van der Waals surface area contributed by atoms with E-state index in [4.69, 9.17) is 0 Å². The minimum Gasteiger partial charge on any atom is -0.392 e. The highest BCUT2D eigenvalue weighted by Crippen LogP contribution is 2.11. The Labute approximate surface area is 79.7 Å². The summed E-state index contributed by atoms with van der Waals surface area (Å²) in [6.07, 6.45) is 4.74. The molecule has 3 heteroatoms. The van der Waals surface area contributed by atoms with Gasteiger partial charge >= 0.3 is 0 Å². The van der Waals surface area contributed by atoms with Gasteiger partial charge in [-0.1, -0.05) is 12.8 Å². The Balaban J connectivity index is 2.41. The topological polar surface area (TPSA) is 40.5 Å². The van der Waals surface area contributed by atoms with E-state index in [0.29, 0.717) is 13.0 Å². The number of hydrogen-bond donors (Lipinski definition) is 1. The Bertz CT molecular complexity index is 168. The van der Waals surface area contributed by atoms with Crippen molar-refractivity contribution in [3.05, 3.63) is 0 Å². The fourth-order valence-corrected chi connectivity index (χ4v) is 1.73. The molecule has 76 valence electrons. The zero-order valence-corrected chi connectivity index (χ0v) is 8.33. The van der Waals surface area contributed by atoms with Crippen molar-refractivity contribution in [1.82, 2.24) is 4.90 Å². The number of likely N-dealkylation sites (tertiary alicyclic amines) is 1.